The minimum absolute atomic E-state index is 0.0286. The molecule has 2 atom stereocenters. The van der Waals surface area contributed by atoms with E-state index in [0.717, 1.165) is 42.6 Å². The van der Waals surface area contributed by atoms with E-state index in [1.54, 1.807) is 32.5 Å². The number of methoxy groups -OCH3 is 1. The molecule has 0 saturated carbocycles. The van der Waals surface area contributed by atoms with Crippen LogP contribution in [0.2, 0.25) is 10.0 Å². The van der Waals surface area contributed by atoms with Crippen molar-refractivity contribution >= 4 is 75.0 Å². The molecule has 4 saturated heterocycles. The van der Waals surface area contributed by atoms with Gasteiger partial charge in [-0.25, -0.2) is 4.98 Å². The molecule has 20 heteroatoms. The number of carbonyl (C=O) groups excluding carboxylic acids is 4. The van der Waals surface area contributed by atoms with Gasteiger partial charge in [-0.15, -0.1) is 0 Å². The van der Waals surface area contributed by atoms with Crippen molar-refractivity contribution in [2.75, 3.05) is 70.2 Å². The van der Waals surface area contributed by atoms with Crippen LogP contribution in [0.3, 0.4) is 0 Å². The third-order valence-electron chi connectivity index (χ3n) is 14.3. The summed E-state index contributed by atoms with van der Waals surface area (Å²) in [6, 6.07) is 13.7. The molecule has 0 aliphatic carbocycles. The fourth-order valence-electron chi connectivity index (χ4n) is 10.4. The predicted molar refractivity (Wildman–Crippen MR) is 269 cm³/mol. The third-order valence-corrected chi connectivity index (χ3v) is 14.9. The molecular weight excluding hydrogens is 948 g/mol. The van der Waals surface area contributed by atoms with Crippen LogP contribution in [-0.4, -0.2) is 125 Å². The Labute approximate surface area is 421 Å². The fraction of sp³-hybridized carbons (Fsp3) is 0.431. The Kier molecular flexibility index (Phi) is 14.2. The van der Waals surface area contributed by atoms with E-state index in [1.807, 2.05) is 41.8 Å². The van der Waals surface area contributed by atoms with Gasteiger partial charge >= 0.3 is 0 Å². The monoisotopic (exact) mass is 1000 g/mol. The molecule has 4 fully saturated rings. The molecule has 370 valence electrons. The van der Waals surface area contributed by atoms with Gasteiger partial charge in [0.25, 0.3) is 0 Å². The van der Waals surface area contributed by atoms with Crippen LogP contribution in [0.25, 0.3) is 22.2 Å². The van der Waals surface area contributed by atoms with E-state index >= 15 is 0 Å². The van der Waals surface area contributed by atoms with Crippen molar-refractivity contribution in [1.82, 2.24) is 40.6 Å². The average Bonchev–Trinajstić information content (AvgIpc) is 3.77. The maximum atomic E-state index is 13.6. The molecular formula is C51H56Cl2N12O6. The molecule has 18 nitrogen and oxygen atoms in total. The number of imide groups is 1. The van der Waals surface area contributed by atoms with Crippen LogP contribution in [0.5, 0.6) is 11.5 Å². The second-order valence-corrected chi connectivity index (χ2v) is 20.0. The number of likely N-dealkylation sites (tertiary alicyclic amines) is 2. The SMILES string of the molecule is CNc1cc(C2CCN(CC(=O)N3CCC(C(=O)NC4(C)CN(c5ncc(-c6n[nH]c7cc(OC)c(O[C@H](C)c8c(Cl)cncc8Cl)cc67)cc5C#N)C4)CC3)CC2)ccc1C(=N)C1CCC(=O)NC1=O. The molecule has 7 heterocycles. The predicted octanol–water partition coefficient (Wildman–Crippen LogP) is 6.62. The second kappa shape index (κ2) is 20.5. The van der Waals surface area contributed by atoms with E-state index in [9.17, 15) is 24.4 Å². The Morgan fingerprint density at radius 3 is 2.41 bits per heavy atom. The van der Waals surface area contributed by atoms with Gasteiger partial charge < -0.3 is 35.3 Å². The summed E-state index contributed by atoms with van der Waals surface area (Å²) < 4.78 is 12.0. The number of aromatic nitrogens is 4. The number of hydrogen-bond donors (Lipinski definition) is 5. The van der Waals surface area contributed by atoms with E-state index in [-0.39, 0.29) is 35.8 Å². The molecule has 0 spiro atoms. The molecule has 71 heavy (non-hydrogen) atoms. The first kappa shape index (κ1) is 49.2. The second-order valence-electron chi connectivity index (χ2n) is 19.2. The summed E-state index contributed by atoms with van der Waals surface area (Å²) in [4.78, 5) is 66.0. The third kappa shape index (κ3) is 10.2. The number of piperidine rings is 3. The summed E-state index contributed by atoms with van der Waals surface area (Å²) in [7, 11) is 3.35. The van der Waals surface area contributed by atoms with Crippen LogP contribution in [-0.2, 0) is 19.2 Å². The van der Waals surface area contributed by atoms with Crippen molar-refractivity contribution < 1.29 is 28.7 Å². The van der Waals surface area contributed by atoms with Crippen LogP contribution in [0, 0.1) is 28.6 Å². The zero-order chi connectivity index (χ0) is 50.1. The summed E-state index contributed by atoms with van der Waals surface area (Å²) >= 11 is 12.8. The largest absolute Gasteiger partial charge is 0.493 e. The number of pyridine rings is 2. The Morgan fingerprint density at radius 2 is 1.73 bits per heavy atom. The van der Waals surface area contributed by atoms with Crippen LogP contribution >= 0.6 is 23.2 Å². The number of aromatic amines is 1. The van der Waals surface area contributed by atoms with E-state index < -0.39 is 23.5 Å². The summed E-state index contributed by atoms with van der Waals surface area (Å²) in [6.07, 6.45) is 7.66. The Hall–Kier alpha value is -6.81. The highest BCUT2D eigenvalue weighted by atomic mass is 35.5. The zero-order valence-electron chi connectivity index (χ0n) is 40.0. The van der Waals surface area contributed by atoms with Crippen molar-refractivity contribution in [3.63, 3.8) is 0 Å². The maximum Gasteiger partial charge on any atom is 0.236 e. The Bertz CT molecular complexity index is 2930. The standard InChI is InChI=1S/C51H56Cl2N12O6/c1-28(45-37(52)23-57-24-38(45)53)71-42-19-36-40(20-41(42)70-4)61-62-47(36)33-17-32(21-54)48(58-22-33)65-26-51(2,27-65)60-49(68)30-11-15-64(16-12-30)44(67)25-63-13-9-29(10-14-63)31-5-6-34(39(18-31)56-3)46(55)35-7-8-43(66)59-50(35)69/h5-6,17-20,22-24,28-30,35,55-56H,7-16,25-27H2,1-4H3,(H,60,68)(H,61,62)(H,59,66,69)/t28-,35?/m1/s1. The number of benzene rings is 2. The molecule has 5 aromatic rings. The van der Waals surface area contributed by atoms with E-state index in [0.29, 0.717) is 119 Å². The number of nitriles is 1. The molecule has 1 unspecified atom stereocenters. The molecule has 2 aromatic carbocycles. The van der Waals surface area contributed by atoms with Crippen molar-refractivity contribution in [1.29, 1.82) is 10.7 Å². The molecule has 0 radical (unpaired) electrons. The molecule has 3 aromatic heterocycles. The van der Waals surface area contributed by atoms with E-state index in [4.69, 9.17) is 43.1 Å². The highest BCUT2D eigenvalue weighted by Gasteiger charge is 2.43. The number of carbonyl (C=O) groups is 4. The van der Waals surface area contributed by atoms with Crippen molar-refractivity contribution in [3.05, 3.63) is 87.3 Å². The number of nitrogens with one attached hydrogen (secondary N) is 5. The number of nitrogens with zero attached hydrogens (tertiary/aromatic N) is 7. The summed E-state index contributed by atoms with van der Waals surface area (Å²) in [5.74, 6) is 0.184. The summed E-state index contributed by atoms with van der Waals surface area (Å²) in [5.41, 5.74) is 5.13. The van der Waals surface area contributed by atoms with Gasteiger partial charge in [-0.1, -0.05) is 35.3 Å². The van der Waals surface area contributed by atoms with E-state index in [2.05, 4.69) is 48.2 Å². The molecule has 0 bridgehead atoms. The van der Waals surface area contributed by atoms with Gasteiger partial charge in [0, 0.05) is 98.0 Å². The lowest BCUT2D eigenvalue weighted by Gasteiger charge is -2.49. The Balaban J connectivity index is 0.745. The summed E-state index contributed by atoms with van der Waals surface area (Å²) in [6.45, 7) is 7.70. The lowest BCUT2D eigenvalue weighted by atomic mass is 9.85. The first-order chi connectivity index (χ1) is 34.1. The Morgan fingerprint density at radius 1 is 1.00 bits per heavy atom. The van der Waals surface area contributed by atoms with Crippen LogP contribution in [0.4, 0.5) is 11.5 Å². The van der Waals surface area contributed by atoms with Gasteiger partial charge in [0.05, 0.1) is 51.9 Å². The zero-order valence-corrected chi connectivity index (χ0v) is 41.5. The number of amides is 4. The van der Waals surface area contributed by atoms with Crippen LogP contribution in [0.1, 0.15) is 86.6 Å². The number of ether oxygens (including phenoxy) is 2. The number of anilines is 2. The highest BCUT2D eigenvalue weighted by molar-refractivity contribution is 6.35. The number of halogens is 2. The normalized spacial score (nSPS) is 19.1. The number of fused-ring (bicyclic) bond motifs is 1. The fourth-order valence-corrected chi connectivity index (χ4v) is 11.1. The quantitative estimate of drug-likeness (QED) is 0.0582. The van der Waals surface area contributed by atoms with Gasteiger partial charge in [-0.05, 0) is 88.7 Å². The topological polar surface area (TPSA) is 235 Å². The lowest BCUT2D eigenvalue weighted by Crippen LogP contribution is -2.69. The van der Waals surface area contributed by atoms with Gasteiger partial charge in [0.15, 0.2) is 11.5 Å². The molecule has 4 amide bonds. The van der Waals surface area contributed by atoms with Gasteiger partial charge in [-0.2, -0.15) is 10.4 Å². The van der Waals surface area contributed by atoms with Crippen molar-refractivity contribution in [3.8, 4) is 28.8 Å². The highest BCUT2D eigenvalue weighted by Crippen LogP contribution is 2.41. The average molecular weight is 1000 g/mol. The van der Waals surface area contributed by atoms with Gasteiger partial charge in [0.2, 0.25) is 23.6 Å². The number of rotatable bonds is 14. The number of H-pyrrole nitrogens is 1. The van der Waals surface area contributed by atoms with Crippen molar-refractivity contribution in [2.45, 2.75) is 69.9 Å². The van der Waals surface area contributed by atoms with Crippen LogP contribution in [0.15, 0.2) is 55.0 Å². The van der Waals surface area contributed by atoms with E-state index in [1.165, 1.54) is 12.4 Å². The summed E-state index contributed by atoms with van der Waals surface area (Å²) in [5, 5.41) is 37.0. The van der Waals surface area contributed by atoms with Crippen molar-refractivity contribution in [2.24, 2.45) is 11.8 Å². The minimum atomic E-state index is -0.660. The molecule has 4 aliphatic heterocycles. The maximum absolute atomic E-state index is 13.6. The smallest absolute Gasteiger partial charge is 0.236 e. The first-order valence-corrected chi connectivity index (χ1v) is 24.6. The van der Waals surface area contributed by atoms with Crippen LogP contribution < -0.4 is 30.3 Å². The number of hydrogen-bond acceptors (Lipinski definition) is 14. The van der Waals surface area contributed by atoms with Gasteiger partial charge in [-0.3, -0.25) is 39.5 Å². The molecule has 5 N–H and O–H groups in total. The first-order valence-electron chi connectivity index (χ1n) is 23.9. The minimum Gasteiger partial charge on any atom is -0.493 e. The van der Waals surface area contributed by atoms with Gasteiger partial charge in [0.1, 0.15) is 23.7 Å². The lowest BCUT2D eigenvalue weighted by molar-refractivity contribution is -0.137. The molecule has 9 rings (SSSR count). The molecule has 4 aliphatic rings.